The second-order valence-corrected chi connectivity index (χ2v) is 5.62. The van der Waals surface area contributed by atoms with Gasteiger partial charge >= 0.3 is 5.97 Å². The summed E-state index contributed by atoms with van der Waals surface area (Å²) in [5, 5.41) is 12.5. The first-order valence-electron chi connectivity index (χ1n) is 5.88. The predicted octanol–water partition coefficient (Wildman–Crippen LogP) is 2.27. The van der Waals surface area contributed by atoms with Crippen LogP contribution in [0.2, 0.25) is 0 Å². The Morgan fingerprint density at radius 2 is 1.93 bits per heavy atom. The normalized spacial score (nSPS) is 27.7. The zero-order valence-corrected chi connectivity index (χ0v) is 10.0. The van der Waals surface area contributed by atoms with Crippen molar-refractivity contribution in [1.82, 2.24) is 5.32 Å². The lowest BCUT2D eigenvalue weighted by molar-refractivity contribution is -0.144. The number of hydrogen-bond donors (Lipinski definition) is 2. The number of nitrogens with one attached hydrogen (secondary N) is 1. The van der Waals surface area contributed by atoms with Crippen molar-refractivity contribution in [1.29, 1.82) is 0 Å². The minimum atomic E-state index is -0.615. The van der Waals surface area contributed by atoms with E-state index in [1.807, 2.05) is 0 Å². The highest BCUT2D eigenvalue weighted by molar-refractivity contribution is 5.70. The van der Waals surface area contributed by atoms with Gasteiger partial charge < -0.3 is 10.4 Å². The molecule has 1 fully saturated rings. The van der Waals surface area contributed by atoms with Crippen LogP contribution in [0.25, 0.3) is 0 Å². The third kappa shape index (κ3) is 4.20. The van der Waals surface area contributed by atoms with Crippen molar-refractivity contribution in [3.63, 3.8) is 0 Å². The average Bonchev–Trinajstić information content (AvgIpc) is 2.14. The van der Waals surface area contributed by atoms with Crippen LogP contribution in [0, 0.1) is 11.8 Å². The Morgan fingerprint density at radius 3 is 2.47 bits per heavy atom. The second-order valence-electron chi connectivity index (χ2n) is 5.62. The van der Waals surface area contributed by atoms with E-state index in [4.69, 9.17) is 5.11 Å². The number of carbonyl (C=O) groups is 1. The molecule has 2 atom stereocenters. The van der Waals surface area contributed by atoms with Crippen LogP contribution in [0.5, 0.6) is 0 Å². The average molecular weight is 213 g/mol. The molecule has 0 heterocycles. The van der Waals surface area contributed by atoms with Crippen LogP contribution in [0.15, 0.2) is 0 Å². The third-order valence-corrected chi connectivity index (χ3v) is 3.12. The zero-order chi connectivity index (χ0) is 11.5. The van der Waals surface area contributed by atoms with Crippen LogP contribution in [-0.4, -0.2) is 23.2 Å². The van der Waals surface area contributed by atoms with E-state index in [1.165, 1.54) is 6.42 Å². The molecule has 0 aromatic carbocycles. The summed E-state index contributed by atoms with van der Waals surface area (Å²) in [5.41, 5.74) is 0.0838. The number of aliphatic carboxylic acids is 1. The first kappa shape index (κ1) is 12.5. The van der Waals surface area contributed by atoms with Crippen molar-refractivity contribution in [3.05, 3.63) is 0 Å². The molecule has 0 aliphatic heterocycles. The summed E-state index contributed by atoms with van der Waals surface area (Å²) in [6, 6.07) is 0. The smallest absolute Gasteiger partial charge is 0.306 e. The highest BCUT2D eigenvalue weighted by atomic mass is 16.4. The highest BCUT2D eigenvalue weighted by Gasteiger charge is 2.31. The van der Waals surface area contributed by atoms with E-state index in [1.54, 1.807) is 0 Å². The minimum absolute atomic E-state index is 0.0838. The lowest BCUT2D eigenvalue weighted by Gasteiger charge is -2.31. The molecule has 0 spiro atoms. The molecule has 0 saturated heterocycles. The lowest BCUT2D eigenvalue weighted by atomic mass is 9.79. The van der Waals surface area contributed by atoms with Gasteiger partial charge in [0.05, 0.1) is 5.92 Å². The van der Waals surface area contributed by atoms with Gasteiger partial charge in [0.2, 0.25) is 0 Å². The van der Waals surface area contributed by atoms with Crippen LogP contribution in [0.1, 0.15) is 46.5 Å². The van der Waals surface area contributed by atoms with Crippen LogP contribution in [0.3, 0.4) is 0 Å². The molecule has 2 N–H and O–H groups in total. The van der Waals surface area contributed by atoms with Gasteiger partial charge in [-0.25, -0.2) is 0 Å². The number of rotatable bonds is 3. The summed E-state index contributed by atoms with van der Waals surface area (Å²) < 4.78 is 0. The van der Waals surface area contributed by atoms with E-state index in [9.17, 15) is 4.79 Å². The van der Waals surface area contributed by atoms with Gasteiger partial charge in [0.15, 0.2) is 0 Å². The Morgan fingerprint density at radius 1 is 1.33 bits per heavy atom. The first-order chi connectivity index (χ1) is 6.90. The van der Waals surface area contributed by atoms with Gasteiger partial charge in [0.1, 0.15) is 0 Å². The highest BCUT2D eigenvalue weighted by Crippen LogP contribution is 2.30. The molecular formula is C12H23NO2. The van der Waals surface area contributed by atoms with Crippen molar-refractivity contribution in [3.8, 4) is 0 Å². The van der Waals surface area contributed by atoms with Crippen LogP contribution >= 0.6 is 0 Å². The van der Waals surface area contributed by atoms with Crippen LogP contribution in [-0.2, 0) is 4.79 Å². The third-order valence-electron chi connectivity index (χ3n) is 3.12. The van der Waals surface area contributed by atoms with Crippen LogP contribution in [0.4, 0.5) is 0 Å². The van der Waals surface area contributed by atoms with Gasteiger partial charge in [-0.05, 0) is 46.1 Å². The summed E-state index contributed by atoms with van der Waals surface area (Å²) in [4.78, 5) is 11.1. The van der Waals surface area contributed by atoms with Crippen LogP contribution < -0.4 is 5.32 Å². The van der Waals surface area contributed by atoms with Gasteiger partial charge in [-0.1, -0.05) is 12.8 Å². The number of hydrogen-bond acceptors (Lipinski definition) is 2. The molecule has 0 aromatic rings. The molecule has 0 amide bonds. The van der Waals surface area contributed by atoms with E-state index in [-0.39, 0.29) is 11.5 Å². The molecule has 1 aliphatic carbocycles. The van der Waals surface area contributed by atoms with E-state index < -0.39 is 5.97 Å². The van der Waals surface area contributed by atoms with Gasteiger partial charge in [0, 0.05) is 5.54 Å². The molecule has 1 rings (SSSR count). The maximum absolute atomic E-state index is 11.1. The standard InChI is InChI=1S/C12H23NO2/c1-12(2,3)13-8-9-6-4-5-7-10(9)11(14)15/h9-10,13H,4-8H2,1-3H3,(H,14,15)/t9-,10-/m0/s1. The number of carboxylic acid groups (broad SMARTS) is 1. The summed E-state index contributed by atoms with van der Waals surface area (Å²) in [6.07, 6.45) is 4.16. The fourth-order valence-electron chi connectivity index (χ4n) is 2.21. The Hall–Kier alpha value is -0.570. The van der Waals surface area contributed by atoms with E-state index >= 15 is 0 Å². The summed E-state index contributed by atoms with van der Waals surface area (Å²) in [5.74, 6) is -0.431. The molecule has 0 radical (unpaired) electrons. The molecule has 15 heavy (non-hydrogen) atoms. The SMILES string of the molecule is CC(C)(C)NC[C@@H]1CCCC[C@@H]1C(=O)O. The van der Waals surface area contributed by atoms with Gasteiger partial charge in [-0.2, -0.15) is 0 Å². The van der Waals surface area contributed by atoms with Crippen molar-refractivity contribution in [2.75, 3.05) is 6.54 Å². The Bertz CT molecular complexity index is 220. The molecule has 0 aromatic heterocycles. The maximum Gasteiger partial charge on any atom is 0.306 e. The Labute approximate surface area is 92.3 Å². The predicted molar refractivity (Wildman–Crippen MR) is 60.8 cm³/mol. The molecule has 1 saturated carbocycles. The lowest BCUT2D eigenvalue weighted by Crippen LogP contribution is -2.42. The van der Waals surface area contributed by atoms with Crippen molar-refractivity contribution in [2.45, 2.75) is 52.0 Å². The fraction of sp³-hybridized carbons (Fsp3) is 0.917. The Kier molecular flexibility index (Phi) is 4.14. The summed E-state index contributed by atoms with van der Waals surface area (Å²) in [7, 11) is 0. The molecule has 88 valence electrons. The number of carboxylic acids is 1. The molecular weight excluding hydrogens is 190 g/mol. The van der Waals surface area contributed by atoms with Gasteiger partial charge in [0.25, 0.3) is 0 Å². The Balaban J connectivity index is 2.46. The van der Waals surface area contributed by atoms with E-state index in [0.29, 0.717) is 5.92 Å². The fourth-order valence-corrected chi connectivity index (χ4v) is 2.21. The van der Waals surface area contributed by atoms with Crippen molar-refractivity contribution < 1.29 is 9.90 Å². The molecule has 3 heteroatoms. The second kappa shape index (κ2) is 4.97. The minimum Gasteiger partial charge on any atom is -0.481 e. The topological polar surface area (TPSA) is 49.3 Å². The first-order valence-corrected chi connectivity index (χ1v) is 5.88. The van der Waals surface area contributed by atoms with Crippen molar-refractivity contribution in [2.24, 2.45) is 11.8 Å². The van der Waals surface area contributed by atoms with Crippen molar-refractivity contribution >= 4 is 5.97 Å². The molecule has 0 unspecified atom stereocenters. The molecule has 1 aliphatic rings. The largest absolute Gasteiger partial charge is 0.481 e. The quantitative estimate of drug-likeness (QED) is 0.756. The van der Waals surface area contributed by atoms with E-state index in [0.717, 1.165) is 25.8 Å². The zero-order valence-electron chi connectivity index (χ0n) is 10.0. The van der Waals surface area contributed by atoms with E-state index in [2.05, 4.69) is 26.1 Å². The summed E-state index contributed by atoms with van der Waals surface area (Å²) in [6.45, 7) is 7.18. The molecule has 3 nitrogen and oxygen atoms in total. The van der Waals surface area contributed by atoms with Gasteiger partial charge in [-0.3, -0.25) is 4.79 Å². The summed E-state index contributed by atoms with van der Waals surface area (Å²) >= 11 is 0. The maximum atomic E-state index is 11.1. The van der Waals surface area contributed by atoms with Gasteiger partial charge in [-0.15, -0.1) is 0 Å². The monoisotopic (exact) mass is 213 g/mol. The molecule has 0 bridgehead atoms.